The summed E-state index contributed by atoms with van der Waals surface area (Å²) in [5.74, 6) is 0.274. The maximum atomic E-state index is 11.7. The van der Waals surface area contributed by atoms with E-state index in [-0.39, 0.29) is 5.97 Å². The van der Waals surface area contributed by atoms with Gasteiger partial charge in [-0.25, -0.2) is 4.79 Å². The van der Waals surface area contributed by atoms with E-state index in [2.05, 4.69) is 0 Å². The Balaban J connectivity index is 3.51. The number of halogens is 1. The fourth-order valence-corrected chi connectivity index (χ4v) is 1.91. The fraction of sp³-hybridized carbons (Fsp3) is 0.267. The molecular weight excluding hydrogens is 264 g/mol. The van der Waals surface area contributed by atoms with Crippen molar-refractivity contribution in [2.75, 3.05) is 14.2 Å². The van der Waals surface area contributed by atoms with Crippen LogP contribution >= 0.6 is 11.6 Å². The summed E-state index contributed by atoms with van der Waals surface area (Å²) in [6.07, 6.45) is 3.68. The summed E-state index contributed by atoms with van der Waals surface area (Å²) < 4.78 is 10.1. The monoisotopic (exact) mass is 280 g/mol. The Labute approximate surface area is 118 Å². The van der Waals surface area contributed by atoms with E-state index < -0.39 is 0 Å². The van der Waals surface area contributed by atoms with Crippen LogP contribution in [0.4, 0.5) is 0 Å². The number of hydrogen-bond donors (Lipinski definition) is 0. The highest BCUT2D eigenvalue weighted by Crippen LogP contribution is 2.32. The van der Waals surface area contributed by atoms with Gasteiger partial charge in [0, 0.05) is 16.2 Å². The molecule has 0 aliphatic heterocycles. The first-order valence-corrected chi connectivity index (χ1v) is 6.18. The van der Waals surface area contributed by atoms with Crippen molar-refractivity contribution in [3.05, 3.63) is 46.5 Å². The number of rotatable bonds is 4. The van der Waals surface area contributed by atoms with Crippen LogP contribution in [0.1, 0.15) is 19.4 Å². The number of ether oxygens (including phenoxy) is 2. The van der Waals surface area contributed by atoms with Crippen LogP contribution in [0.3, 0.4) is 0 Å². The smallest absolute Gasteiger partial charge is 0.334 e. The lowest BCUT2D eigenvalue weighted by Crippen LogP contribution is -2.04. The van der Waals surface area contributed by atoms with Crippen LogP contribution in [0.25, 0.3) is 5.57 Å². The van der Waals surface area contributed by atoms with Gasteiger partial charge in [-0.1, -0.05) is 23.8 Å². The summed E-state index contributed by atoms with van der Waals surface area (Å²) in [6.45, 7) is 3.59. The molecule has 0 aromatic heterocycles. The molecule has 0 aliphatic rings. The van der Waals surface area contributed by atoms with E-state index in [1.165, 1.54) is 7.11 Å². The Hall–Kier alpha value is -1.74. The number of carbonyl (C=O) groups is 1. The molecule has 0 unspecified atom stereocenters. The number of allylic oxidation sites excluding steroid dienone is 3. The quantitative estimate of drug-likeness (QED) is 0.477. The molecule has 4 heteroatoms. The molecule has 1 aromatic rings. The molecule has 102 valence electrons. The summed E-state index contributed by atoms with van der Waals surface area (Å²) >= 11 is 6.02. The third-order valence-electron chi connectivity index (χ3n) is 2.68. The first-order valence-electron chi connectivity index (χ1n) is 5.81. The SMILES string of the molecule is C/C=C/C(=C(\C)C(=O)OC)c1cc(Cl)ccc1OC. The van der Waals surface area contributed by atoms with Gasteiger partial charge in [-0.2, -0.15) is 0 Å². The van der Waals surface area contributed by atoms with E-state index in [0.717, 1.165) is 11.1 Å². The number of carbonyl (C=O) groups excluding carboxylic acids is 1. The van der Waals surface area contributed by atoms with Crippen molar-refractivity contribution >= 4 is 23.1 Å². The van der Waals surface area contributed by atoms with Crippen LogP contribution in [-0.2, 0) is 9.53 Å². The molecule has 0 radical (unpaired) electrons. The van der Waals surface area contributed by atoms with Crippen molar-refractivity contribution in [1.29, 1.82) is 0 Å². The number of benzene rings is 1. The lowest BCUT2D eigenvalue weighted by Gasteiger charge is -2.12. The van der Waals surface area contributed by atoms with E-state index >= 15 is 0 Å². The summed E-state index contributed by atoms with van der Waals surface area (Å²) in [5.41, 5.74) is 1.99. The highest BCUT2D eigenvalue weighted by atomic mass is 35.5. The highest BCUT2D eigenvalue weighted by molar-refractivity contribution is 6.30. The van der Waals surface area contributed by atoms with E-state index in [1.807, 2.05) is 19.1 Å². The second-order valence-electron chi connectivity index (χ2n) is 3.87. The normalized spacial score (nSPS) is 12.3. The highest BCUT2D eigenvalue weighted by Gasteiger charge is 2.14. The minimum atomic E-state index is -0.380. The van der Waals surface area contributed by atoms with Crippen LogP contribution < -0.4 is 4.74 Å². The van der Waals surface area contributed by atoms with Crippen LogP contribution in [0.2, 0.25) is 5.02 Å². The molecule has 0 heterocycles. The van der Waals surface area contributed by atoms with Gasteiger partial charge in [-0.15, -0.1) is 0 Å². The second-order valence-corrected chi connectivity index (χ2v) is 4.31. The maximum Gasteiger partial charge on any atom is 0.334 e. The van der Waals surface area contributed by atoms with Crippen molar-refractivity contribution in [2.45, 2.75) is 13.8 Å². The molecule has 0 saturated heterocycles. The summed E-state index contributed by atoms with van der Waals surface area (Å²) in [4.78, 5) is 11.7. The Bertz CT molecular complexity index is 530. The molecule has 0 bridgehead atoms. The number of esters is 1. The molecule has 3 nitrogen and oxygen atoms in total. The molecule has 0 N–H and O–H groups in total. The predicted molar refractivity (Wildman–Crippen MR) is 77.4 cm³/mol. The predicted octanol–water partition coefficient (Wildman–Crippen LogP) is 3.87. The van der Waals surface area contributed by atoms with E-state index in [0.29, 0.717) is 16.3 Å². The van der Waals surface area contributed by atoms with Gasteiger partial charge in [0.1, 0.15) is 5.75 Å². The molecule has 0 amide bonds. The zero-order valence-electron chi connectivity index (χ0n) is 11.5. The first kappa shape index (κ1) is 15.3. The van der Waals surface area contributed by atoms with Crippen LogP contribution in [0.15, 0.2) is 35.9 Å². The van der Waals surface area contributed by atoms with Gasteiger partial charge in [-0.3, -0.25) is 0 Å². The topological polar surface area (TPSA) is 35.5 Å². The molecule has 0 spiro atoms. The molecular formula is C15H17ClO3. The lowest BCUT2D eigenvalue weighted by atomic mass is 9.99. The van der Waals surface area contributed by atoms with Gasteiger partial charge < -0.3 is 9.47 Å². The molecule has 19 heavy (non-hydrogen) atoms. The number of methoxy groups -OCH3 is 2. The summed E-state index contributed by atoms with van der Waals surface area (Å²) in [7, 11) is 2.93. The van der Waals surface area contributed by atoms with Gasteiger partial charge in [-0.05, 0) is 37.6 Å². The lowest BCUT2D eigenvalue weighted by molar-refractivity contribution is -0.135. The second kappa shape index (κ2) is 7.00. The Kier molecular flexibility index (Phi) is 5.64. The van der Waals surface area contributed by atoms with Gasteiger partial charge >= 0.3 is 5.97 Å². The third-order valence-corrected chi connectivity index (χ3v) is 2.92. The number of hydrogen-bond acceptors (Lipinski definition) is 3. The maximum absolute atomic E-state index is 11.7. The Morgan fingerprint density at radius 2 is 2.00 bits per heavy atom. The van der Waals surface area contributed by atoms with Gasteiger partial charge in [0.05, 0.1) is 14.2 Å². The average molecular weight is 281 g/mol. The van der Waals surface area contributed by atoms with Crippen molar-refractivity contribution in [1.82, 2.24) is 0 Å². The van der Waals surface area contributed by atoms with Crippen molar-refractivity contribution in [2.24, 2.45) is 0 Å². The standard InChI is InChI=1S/C15H17ClO3/c1-5-6-12(10(2)15(17)19-4)13-9-11(16)7-8-14(13)18-3/h5-9H,1-4H3/b6-5+,12-10-. The minimum Gasteiger partial charge on any atom is -0.496 e. The van der Waals surface area contributed by atoms with Crippen LogP contribution in [0.5, 0.6) is 5.75 Å². The first-order chi connectivity index (χ1) is 9.04. The van der Waals surface area contributed by atoms with Crippen molar-refractivity contribution in [3.8, 4) is 5.75 Å². The minimum absolute atomic E-state index is 0.380. The van der Waals surface area contributed by atoms with E-state index in [1.54, 1.807) is 32.2 Å². The Morgan fingerprint density at radius 1 is 1.32 bits per heavy atom. The van der Waals surface area contributed by atoms with E-state index in [4.69, 9.17) is 21.1 Å². The van der Waals surface area contributed by atoms with Crippen molar-refractivity contribution < 1.29 is 14.3 Å². The van der Waals surface area contributed by atoms with E-state index in [9.17, 15) is 4.79 Å². The molecule has 1 rings (SSSR count). The van der Waals surface area contributed by atoms with Gasteiger partial charge in [0.2, 0.25) is 0 Å². The van der Waals surface area contributed by atoms with Gasteiger partial charge in [0.15, 0.2) is 0 Å². The van der Waals surface area contributed by atoms with Gasteiger partial charge in [0.25, 0.3) is 0 Å². The molecule has 0 atom stereocenters. The zero-order chi connectivity index (χ0) is 14.4. The molecule has 0 fully saturated rings. The summed E-state index contributed by atoms with van der Waals surface area (Å²) in [6, 6.07) is 5.28. The molecule has 0 saturated carbocycles. The molecule has 1 aromatic carbocycles. The van der Waals surface area contributed by atoms with Crippen molar-refractivity contribution in [3.63, 3.8) is 0 Å². The Morgan fingerprint density at radius 3 is 2.53 bits per heavy atom. The van der Waals surface area contributed by atoms with Crippen LogP contribution in [-0.4, -0.2) is 20.2 Å². The largest absolute Gasteiger partial charge is 0.496 e. The average Bonchev–Trinajstić information content (AvgIpc) is 2.43. The van der Waals surface area contributed by atoms with Crippen LogP contribution in [0, 0.1) is 0 Å². The third kappa shape index (κ3) is 3.61. The molecule has 0 aliphatic carbocycles. The zero-order valence-corrected chi connectivity index (χ0v) is 12.2. The fourth-order valence-electron chi connectivity index (χ4n) is 1.74. The summed E-state index contributed by atoms with van der Waals surface area (Å²) in [5, 5.41) is 0.579.